The first-order chi connectivity index (χ1) is 17.7. The number of rotatable bonds is 5. The number of nitrogens with one attached hydrogen (secondary N) is 1. The number of amides is 1. The van der Waals surface area contributed by atoms with Gasteiger partial charge in [-0.3, -0.25) is 14.8 Å². The molecule has 9 heteroatoms. The third kappa shape index (κ3) is 4.53. The number of carbonyl (C=O) groups excluding carboxylic acids is 1. The van der Waals surface area contributed by atoms with Crippen LogP contribution in [-0.2, 0) is 4.74 Å². The lowest BCUT2D eigenvalue weighted by Gasteiger charge is -2.28. The van der Waals surface area contributed by atoms with Crippen LogP contribution in [0.1, 0.15) is 10.4 Å². The molecule has 0 spiro atoms. The molecule has 1 aliphatic rings. The number of pyridine rings is 2. The minimum atomic E-state index is -0.195. The summed E-state index contributed by atoms with van der Waals surface area (Å²) in [6.45, 7) is 2.88. The minimum absolute atomic E-state index is 0.195. The van der Waals surface area contributed by atoms with Crippen LogP contribution in [-0.4, -0.2) is 52.1 Å². The molecule has 1 amide bonds. The van der Waals surface area contributed by atoms with E-state index in [-0.39, 0.29) is 5.91 Å². The highest BCUT2D eigenvalue weighted by Gasteiger charge is 2.21. The van der Waals surface area contributed by atoms with Gasteiger partial charge in [-0.1, -0.05) is 12.1 Å². The Balaban J connectivity index is 1.40. The maximum absolute atomic E-state index is 12.6. The number of thiophene rings is 1. The van der Waals surface area contributed by atoms with Crippen LogP contribution in [0.25, 0.3) is 32.0 Å². The Morgan fingerprint density at radius 2 is 1.64 bits per heavy atom. The molecule has 0 unspecified atom stereocenters. The molecule has 178 valence electrons. The van der Waals surface area contributed by atoms with Crippen LogP contribution in [0.3, 0.4) is 0 Å². The van der Waals surface area contributed by atoms with Crippen LogP contribution in [0.5, 0.6) is 0 Å². The van der Waals surface area contributed by atoms with Crippen molar-refractivity contribution in [3.63, 3.8) is 0 Å². The Kier molecular flexibility index (Phi) is 6.06. The summed E-state index contributed by atoms with van der Waals surface area (Å²) in [6.07, 6.45) is 6.79. The van der Waals surface area contributed by atoms with Gasteiger partial charge in [0.25, 0.3) is 5.91 Å². The van der Waals surface area contributed by atoms with Crippen LogP contribution in [0, 0.1) is 0 Å². The standard InChI is InChI=1S/C27H22N6O2S/c34-27(19-6-10-29-11-7-19)30-21-3-1-2-20(16-21)25-31-22-17-23(18-4-8-28-9-5-18)36-24(22)26(32-25)33-12-14-35-15-13-33/h1-11,16-17H,12-15H2,(H,30,34). The van der Waals surface area contributed by atoms with Gasteiger partial charge in [0.1, 0.15) is 0 Å². The van der Waals surface area contributed by atoms with Gasteiger partial charge in [0.15, 0.2) is 11.6 Å². The molecule has 0 saturated carbocycles. The van der Waals surface area contributed by atoms with E-state index in [1.165, 1.54) is 0 Å². The van der Waals surface area contributed by atoms with Crippen molar-refractivity contribution in [2.75, 3.05) is 36.5 Å². The van der Waals surface area contributed by atoms with E-state index in [0.29, 0.717) is 30.3 Å². The Morgan fingerprint density at radius 3 is 2.42 bits per heavy atom. The van der Waals surface area contributed by atoms with Crippen LogP contribution < -0.4 is 10.2 Å². The van der Waals surface area contributed by atoms with E-state index in [0.717, 1.165) is 45.1 Å². The molecule has 1 N–H and O–H groups in total. The molecule has 1 aliphatic heterocycles. The number of aromatic nitrogens is 4. The molecule has 0 radical (unpaired) electrons. The molecule has 0 aliphatic carbocycles. The highest BCUT2D eigenvalue weighted by molar-refractivity contribution is 7.22. The zero-order valence-electron chi connectivity index (χ0n) is 19.3. The quantitative estimate of drug-likeness (QED) is 0.371. The predicted octanol–water partition coefficient (Wildman–Crippen LogP) is 4.90. The summed E-state index contributed by atoms with van der Waals surface area (Å²) in [4.78, 5) is 34.1. The Hall–Kier alpha value is -4.21. The van der Waals surface area contributed by atoms with Gasteiger partial charge in [-0.25, -0.2) is 9.97 Å². The van der Waals surface area contributed by atoms with Crippen molar-refractivity contribution in [2.45, 2.75) is 0 Å². The lowest BCUT2D eigenvalue weighted by Crippen LogP contribution is -2.36. The van der Waals surface area contributed by atoms with Crippen LogP contribution in [0.2, 0.25) is 0 Å². The van der Waals surface area contributed by atoms with E-state index in [1.807, 2.05) is 36.4 Å². The number of nitrogens with zero attached hydrogens (tertiary/aromatic N) is 5. The summed E-state index contributed by atoms with van der Waals surface area (Å²) in [5.41, 5.74) is 4.04. The number of anilines is 2. The van der Waals surface area contributed by atoms with Gasteiger partial charge in [-0.05, 0) is 48.0 Å². The van der Waals surface area contributed by atoms with Crippen molar-refractivity contribution in [1.29, 1.82) is 0 Å². The molecule has 5 heterocycles. The molecule has 0 bridgehead atoms. The van der Waals surface area contributed by atoms with E-state index < -0.39 is 0 Å². The van der Waals surface area contributed by atoms with Gasteiger partial charge >= 0.3 is 0 Å². The summed E-state index contributed by atoms with van der Waals surface area (Å²) >= 11 is 1.69. The van der Waals surface area contributed by atoms with E-state index in [1.54, 1.807) is 48.3 Å². The fourth-order valence-electron chi connectivity index (χ4n) is 4.13. The maximum atomic E-state index is 12.6. The summed E-state index contributed by atoms with van der Waals surface area (Å²) < 4.78 is 6.63. The Morgan fingerprint density at radius 1 is 0.889 bits per heavy atom. The topological polar surface area (TPSA) is 93.1 Å². The van der Waals surface area contributed by atoms with E-state index in [9.17, 15) is 4.79 Å². The SMILES string of the molecule is O=C(Nc1cccc(-c2nc(N3CCOCC3)c3sc(-c4ccncc4)cc3n2)c1)c1ccncc1. The molecule has 0 atom stereocenters. The van der Waals surface area contributed by atoms with Crippen LogP contribution >= 0.6 is 11.3 Å². The molecule has 1 aromatic carbocycles. The second-order valence-electron chi connectivity index (χ2n) is 8.30. The predicted molar refractivity (Wildman–Crippen MR) is 141 cm³/mol. The molecule has 4 aromatic heterocycles. The Bertz CT molecular complexity index is 1520. The molecule has 5 aromatic rings. The van der Waals surface area contributed by atoms with Gasteiger partial charge in [0.2, 0.25) is 0 Å². The van der Waals surface area contributed by atoms with E-state index in [2.05, 4.69) is 26.3 Å². The molecule has 36 heavy (non-hydrogen) atoms. The lowest BCUT2D eigenvalue weighted by molar-refractivity contribution is 0.102. The number of morpholine rings is 1. The lowest BCUT2D eigenvalue weighted by atomic mass is 10.1. The summed E-state index contributed by atoms with van der Waals surface area (Å²) in [5, 5.41) is 2.96. The third-order valence-electron chi connectivity index (χ3n) is 5.95. The monoisotopic (exact) mass is 494 g/mol. The minimum Gasteiger partial charge on any atom is -0.378 e. The number of fused-ring (bicyclic) bond motifs is 1. The number of hydrogen-bond donors (Lipinski definition) is 1. The van der Waals surface area contributed by atoms with Gasteiger partial charge in [-0.15, -0.1) is 11.3 Å². The number of benzene rings is 1. The average Bonchev–Trinajstić information content (AvgIpc) is 3.38. The fourth-order valence-corrected chi connectivity index (χ4v) is 5.25. The zero-order valence-corrected chi connectivity index (χ0v) is 20.1. The third-order valence-corrected chi connectivity index (χ3v) is 7.12. The van der Waals surface area contributed by atoms with E-state index >= 15 is 0 Å². The molecule has 1 fully saturated rings. The normalized spacial score (nSPS) is 13.6. The molecule has 6 rings (SSSR count). The fraction of sp³-hybridized carbons (Fsp3) is 0.148. The van der Waals surface area contributed by atoms with Gasteiger partial charge in [0, 0.05) is 59.6 Å². The Labute approximate surface area is 211 Å². The summed E-state index contributed by atoms with van der Waals surface area (Å²) in [7, 11) is 0. The summed E-state index contributed by atoms with van der Waals surface area (Å²) in [6, 6.07) is 17.1. The number of hydrogen-bond acceptors (Lipinski definition) is 8. The van der Waals surface area contributed by atoms with Gasteiger partial charge < -0.3 is 15.0 Å². The first-order valence-electron chi connectivity index (χ1n) is 11.6. The smallest absolute Gasteiger partial charge is 0.255 e. The number of ether oxygens (including phenoxy) is 1. The van der Waals surface area contributed by atoms with Crippen molar-refractivity contribution in [2.24, 2.45) is 0 Å². The largest absolute Gasteiger partial charge is 0.378 e. The number of carbonyl (C=O) groups is 1. The van der Waals surface area contributed by atoms with Crippen molar-refractivity contribution < 1.29 is 9.53 Å². The first-order valence-corrected chi connectivity index (χ1v) is 12.4. The zero-order chi connectivity index (χ0) is 24.3. The highest BCUT2D eigenvalue weighted by atomic mass is 32.1. The molecular formula is C27H22N6O2S. The molecule has 8 nitrogen and oxygen atoms in total. The molecular weight excluding hydrogens is 472 g/mol. The van der Waals surface area contributed by atoms with Crippen molar-refractivity contribution >= 4 is 39.0 Å². The highest BCUT2D eigenvalue weighted by Crippen LogP contribution is 2.38. The van der Waals surface area contributed by atoms with Crippen molar-refractivity contribution in [1.82, 2.24) is 19.9 Å². The first kappa shape index (κ1) is 22.3. The van der Waals surface area contributed by atoms with Gasteiger partial charge in [-0.2, -0.15) is 0 Å². The van der Waals surface area contributed by atoms with Crippen LogP contribution in [0.4, 0.5) is 11.5 Å². The van der Waals surface area contributed by atoms with Crippen molar-refractivity contribution in [3.8, 4) is 21.8 Å². The average molecular weight is 495 g/mol. The second kappa shape index (κ2) is 9.80. The van der Waals surface area contributed by atoms with Crippen LogP contribution in [0.15, 0.2) is 79.4 Å². The summed E-state index contributed by atoms with van der Waals surface area (Å²) in [5.74, 6) is 1.33. The second-order valence-corrected chi connectivity index (χ2v) is 9.35. The molecule has 1 saturated heterocycles. The van der Waals surface area contributed by atoms with Crippen molar-refractivity contribution in [3.05, 3.63) is 84.9 Å². The maximum Gasteiger partial charge on any atom is 0.255 e. The van der Waals surface area contributed by atoms with E-state index in [4.69, 9.17) is 14.7 Å². The van der Waals surface area contributed by atoms with Gasteiger partial charge in [0.05, 0.1) is 23.4 Å².